The topological polar surface area (TPSA) is 52.6 Å². The average molecular weight is 254 g/mol. The number of nitrogens with one attached hydrogen (secondary N) is 1. The van der Waals surface area contributed by atoms with Gasteiger partial charge in [0.2, 0.25) is 5.91 Å². The number of phenols is 1. The van der Waals surface area contributed by atoms with Gasteiger partial charge in [-0.1, -0.05) is 6.92 Å². The summed E-state index contributed by atoms with van der Waals surface area (Å²) in [5.74, 6) is -0.627. The minimum absolute atomic E-state index is 0.0556. The summed E-state index contributed by atoms with van der Waals surface area (Å²) in [5.41, 5.74) is 0.652. The van der Waals surface area contributed by atoms with Gasteiger partial charge in [-0.2, -0.15) is 0 Å². The monoisotopic (exact) mass is 254 g/mol. The van der Waals surface area contributed by atoms with Crippen molar-refractivity contribution in [3.8, 4) is 5.75 Å². The fraction of sp³-hybridized carbons (Fsp3) is 0.462. The van der Waals surface area contributed by atoms with Crippen molar-refractivity contribution >= 4 is 5.91 Å². The number of phenolic OH excluding ortho intramolecular Hbond substituents is 1. The molecule has 18 heavy (non-hydrogen) atoms. The van der Waals surface area contributed by atoms with Gasteiger partial charge in [0.15, 0.2) is 0 Å². The lowest BCUT2D eigenvalue weighted by Crippen LogP contribution is -2.36. The summed E-state index contributed by atoms with van der Waals surface area (Å²) in [6.45, 7) is 5.75. The van der Waals surface area contributed by atoms with Gasteiger partial charge in [-0.3, -0.25) is 9.69 Å². The summed E-state index contributed by atoms with van der Waals surface area (Å²) in [4.78, 5) is 13.3. The Kier molecular flexibility index (Phi) is 5.58. The van der Waals surface area contributed by atoms with Gasteiger partial charge in [0.25, 0.3) is 0 Å². The van der Waals surface area contributed by atoms with Gasteiger partial charge < -0.3 is 10.4 Å². The minimum atomic E-state index is -0.473. The Hall–Kier alpha value is -1.62. The van der Waals surface area contributed by atoms with E-state index in [-0.39, 0.29) is 18.2 Å². The number of nitrogens with zero attached hydrogens (tertiary/aromatic N) is 1. The van der Waals surface area contributed by atoms with Crippen LogP contribution in [0.2, 0.25) is 0 Å². The molecule has 1 rings (SSSR count). The van der Waals surface area contributed by atoms with E-state index in [2.05, 4.69) is 5.32 Å². The summed E-state index contributed by atoms with van der Waals surface area (Å²) < 4.78 is 13.1. The van der Waals surface area contributed by atoms with Crippen LogP contribution in [0.1, 0.15) is 19.4 Å². The van der Waals surface area contributed by atoms with Gasteiger partial charge in [-0.15, -0.1) is 0 Å². The number of hydrogen-bond donors (Lipinski definition) is 2. The summed E-state index contributed by atoms with van der Waals surface area (Å²) in [7, 11) is 0. The molecule has 0 aliphatic heterocycles. The quantitative estimate of drug-likeness (QED) is 0.808. The molecule has 0 saturated carbocycles. The highest BCUT2D eigenvalue weighted by atomic mass is 19.1. The van der Waals surface area contributed by atoms with Crippen LogP contribution in [0.4, 0.5) is 4.39 Å². The summed E-state index contributed by atoms with van der Waals surface area (Å²) in [6.07, 6.45) is 0. The number of rotatable bonds is 6. The SMILES string of the molecule is CCNC(=O)CN(CC)Cc1cc(O)cc(F)c1. The van der Waals surface area contributed by atoms with Crippen molar-refractivity contribution in [2.24, 2.45) is 0 Å². The van der Waals surface area contributed by atoms with Crippen LogP contribution in [0.5, 0.6) is 5.75 Å². The van der Waals surface area contributed by atoms with E-state index in [1.54, 1.807) is 0 Å². The first-order valence-electron chi connectivity index (χ1n) is 6.02. The number of benzene rings is 1. The normalized spacial score (nSPS) is 10.7. The molecule has 100 valence electrons. The second-order valence-corrected chi connectivity index (χ2v) is 4.07. The van der Waals surface area contributed by atoms with Gasteiger partial charge in [0.1, 0.15) is 11.6 Å². The first-order valence-corrected chi connectivity index (χ1v) is 6.02. The van der Waals surface area contributed by atoms with Crippen molar-refractivity contribution < 1.29 is 14.3 Å². The van der Waals surface area contributed by atoms with Crippen molar-refractivity contribution in [2.75, 3.05) is 19.6 Å². The van der Waals surface area contributed by atoms with Gasteiger partial charge in [0.05, 0.1) is 6.54 Å². The molecule has 0 spiro atoms. The molecule has 0 unspecified atom stereocenters. The van der Waals surface area contributed by atoms with E-state index in [4.69, 9.17) is 0 Å². The van der Waals surface area contributed by atoms with Crippen LogP contribution in [0.3, 0.4) is 0 Å². The second-order valence-electron chi connectivity index (χ2n) is 4.07. The summed E-state index contributed by atoms with van der Waals surface area (Å²) in [6, 6.07) is 3.92. The molecule has 0 bridgehead atoms. The Balaban J connectivity index is 2.64. The zero-order chi connectivity index (χ0) is 13.5. The number of likely N-dealkylation sites (N-methyl/N-ethyl adjacent to an activating group) is 2. The van der Waals surface area contributed by atoms with Crippen molar-refractivity contribution in [2.45, 2.75) is 20.4 Å². The van der Waals surface area contributed by atoms with Crippen molar-refractivity contribution in [3.05, 3.63) is 29.6 Å². The molecule has 0 atom stereocenters. The maximum Gasteiger partial charge on any atom is 0.234 e. The Morgan fingerprint density at radius 2 is 2.11 bits per heavy atom. The first kappa shape index (κ1) is 14.4. The van der Waals surface area contributed by atoms with Crippen LogP contribution in [0, 0.1) is 5.82 Å². The second kappa shape index (κ2) is 6.96. The lowest BCUT2D eigenvalue weighted by atomic mass is 10.2. The molecule has 0 fully saturated rings. The molecular formula is C13H19FN2O2. The van der Waals surface area contributed by atoms with Crippen LogP contribution >= 0.6 is 0 Å². The highest BCUT2D eigenvalue weighted by Gasteiger charge is 2.10. The maximum absolute atomic E-state index is 13.1. The van der Waals surface area contributed by atoms with Gasteiger partial charge >= 0.3 is 0 Å². The highest BCUT2D eigenvalue weighted by Crippen LogP contribution is 2.16. The van der Waals surface area contributed by atoms with Crippen LogP contribution < -0.4 is 5.32 Å². The number of carbonyl (C=O) groups is 1. The van der Waals surface area contributed by atoms with Crippen LogP contribution in [0.25, 0.3) is 0 Å². The van der Waals surface area contributed by atoms with Crippen molar-refractivity contribution in [1.82, 2.24) is 10.2 Å². The largest absolute Gasteiger partial charge is 0.508 e. The zero-order valence-corrected chi connectivity index (χ0v) is 10.7. The zero-order valence-electron chi connectivity index (χ0n) is 10.7. The fourth-order valence-electron chi connectivity index (χ4n) is 1.72. The molecule has 1 aromatic carbocycles. The Labute approximate surface area is 106 Å². The van der Waals surface area contributed by atoms with E-state index in [1.807, 2.05) is 18.7 Å². The molecule has 0 heterocycles. The molecule has 1 amide bonds. The third-order valence-electron chi connectivity index (χ3n) is 2.54. The predicted octanol–water partition coefficient (Wildman–Crippen LogP) is 1.49. The van der Waals surface area contributed by atoms with Gasteiger partial charge in [-0.25, -0.2) is 4.39 Å². The Morgan fingerprint density at radius 1 is 1.39 bits per heavy atom. The number of aromatic hydroxyl groups is 1. The third-order valence-corrected chi connectivity index (χ3v) is 2.54. The number of halogens is 1. The van der Waals surface area contributed by atoms with E-state index in [1.165, 1.54) is 12.1 Å². The standard InChI is InChI=1S/C13H19FN2O2/c1-3-15-13(18)9-16(4-2)8-10-5-11(14)7-12(17)6-10/h5-7,17H,3-4,8-9H2,1-2H3,(H,15,18). The van der Waals surface area contributed by atoms with Crippen LogP contribution in [-0.4, -0.2) is 35.5 Å². The average Bonchev–Trinajstić information content (AvgIpc) is 2.27. The van der Waals surface area contributed by atoms with E-state index in [0.29, 0.717) is 25.2 Å². The number of carbonyl (C=O) groups excluding carboxylic acids is 1. The molecular weight excluding hydrogens is 235 g/mol. The number of amides is 1. The van der Waals surface area contributed by atoms with Gasteiger partial charge in [0, 0.05) is 19.2 Å². The predicted molar refractivity (Wildman–Crippen MR) is 67.7 cm³/mol. The molecule has 2 N–H and O–H groups in total. The van der Waals surface area contributed by atoms with Crippen molar-refractivity contribution in [3.63, 3.8) is 0 Å². The number of hydrogen-bond acceptors (Lipinski definition) is 3. The molecule has 0 aliphatic carbocycles. The molecule has 4 nitrogen and oxygen atoms in total. The van der Waals surface area contributed by atoms with E-state index in [0.717, 1.165) is 6.07 Å². The van der Waals surface area contributed by atoms with E-state index >= 15 is 0 Å². The van der Waals surface area contributed by atoms with Gasteiger partial charge in [-0.05, 0) is 31.2 Å². The fourth-order valence-corrected chi connectivity index (χ4v) is 1.72. The maximum atomic E-state index is 13.1. The van der Waals surface area contributed by atoms with E-state index < -0.39 is 5.82 Å². The highest BCUT2D eigenvalue weighted by molar-refractivity contribution is 5.77. The first-order chi connectivity index (χ1) is 8.55. The van der Waals surface area contributed by atoms with Crippen molar-refractivity contribution in [1.29, 1.82) is 0 Å². The van der Waals surface area contributed by atoms with Crippen LogP contribution in [-0.2, 0) is 11.3 Å². The summed E-state index contributed by atoms with van der Waals surface area (Å²) >= 11 is 0. The molecule has 0 aromatic heterocycles. The smallest absolute Gasteiger partial charge is 0.234 e. The van der Waals surface area contributed by atoms with E-state index in [9.17, 15) is 14.3 Å². The Morgan fingerprint density at radius 3 is 2.67 bits per heavy atom. The molecule has 0 aliphatic rings. The van der Waals surface area contributed by atoms with Crippen LogP contribution in [0.15, 0.2) is 18.2 Å². The minimum Gasteiger partial charge on any atom is -0.508 e. The molecule has 5 heteroatoms. The molecule has 0 saturated heterocycles. The third kappa shape index (κ3) is 4.71. The summed E-state index contributed by atoms with van der Waals surface area (Å²) in [5, 5.41) is 12.0. The molecule has 1 aromatic rings. The Bertz CT molecular complexity index is 390. The lowest BCUT2D eigenvalue weighted by molar-refractivity contribution is -0.122. The lowest BCUT2D eigenvalue weighted by Gasteiger charge is -2.19. The molecule has 0 radical (unpaired) electrons.